The van der Waals surface area contributed by atoms with E-state index in [1.54, 1.807) is 24.7 Å². The van der Waals surface area contributed by atoms with Crippen molar-refractivity contribution < 1.29 is 13.2 Å². The number of aromatic nitrogens is 3. The average molecular weight is 316 g/mol. The molecule has 0 saturated carbocycles. The molecule has 0 unspecified atom stereocenters. The minimum absolute atomic E-state index is 0.150. The molecule has 3 N–H and O–H groups in total. The second-order valence-electron chi connectivity index (χ2n) is 5.84. The number of hydrogen-bond acceptors (Lipinski definition) is 6. The van der Waals surface area contributed by atoms with Gasteiger partial charge in [-0.3, -0.25) is 4.79 Å². The van der Waals surface area contributed by atoms with E-state index >= 15 is 0 Å². The van der Waals surface area contributed by atoms with Crippen molar-refractivity contribution in [1.29, 1.82) is 0 Å². The Morgan fingerprint density at radius 1 is 1.52 bits per heavy atom. The zero-order valence-electron chi connectivity index (χ0n) is 12.3. The van der Waals surface area contributed by atoms with Crippen LogP contribution >= 0.6 is 0 Å². The SMILES string of the molecule is CC(C)(CNC(=O)c1cn(C2CNC2)nn1)NS(C)(=O)=O. The van der Waals surface area contributed by atoms with Crippen molar-refractivity contribution in [3.63, 3.8) is 0 Å². The van der Waals surface area contributed by atoms with Gasteiger partial charge in [-0.2, -0.15) is 0 Å². The Bertz CT molecular complexity index is 620. The summed E-state index contributed by atoms with van der Waals surface area (Å²) in [5, 5.41) is 13.5. The van der Waals surface area contributed by atoms with Crippen LogP contribution in [0, 0.1) is 0 Å². The third-order valence-electron chi connectivity index (χ3n) is 3.03. The van der Waals surface area contributed by atoms with E-state index in [1.165, 1.54) is 0 Å². The molecule has 0 radical (unpaired) electrons. The molecule has 9 nitrogen and oxygen atoms in total. The second kappa shape index (κ2) is 5.70. The van der Waals surface area contributed by atoms with Crippen molar-refractivity contribution in [2.24, 2.45) is 0 Å². The third-order valence-corrected chi connectivity index (χ3v) is 3.95. The lowest BCUT2D eigenvalue weighted by molar-refractivity contribution is 0.0939. The minimum atomic E-state index is -3.34. The first-order valence-corrected chi connectivity index (χ1v) is 8.45. The number of amides is 1. The number of sulfonamides is 1. The number of carbonyl (C=O) groups excluding carboxylic acids is 1. The van der Waals surface area contributed by atoms with Gasteiger partial charge in [0, 0.05) is 25.2 Å². The van der Waals surface area contributed by atoms with Crippen LogP contribution in [0.5, 0.6) is 0 Å². The average Bonchev–Trinajstić information content (AvgIpc) is 2.69. The molecule has 0 aromatic carbocycles. The molecule has 1 fully saturated rings. The van der Waals surface area contributed by atoms with Crippen LogP contribution in [-0.4, -0.2) is 60.7 Å². The zero-order chi connectivity index (χ0) is 15.7. The van der Waals surface area contributed by atoms with Gasteiger partial charge in [-0.15, -0.1) is 5.10 Å². The van der Waals surface area contributed by atoms with Crippen molar-refractivity contribution in [3.8, 4) is 0 Å². The van der Waals surface area contributed by atoms with E-state index in [1.807, 2.05) is 0 Å². The Balaban J connectivity index is 1.90. The summed E-state index contributed by atoms with van der Waals surface area (Å²) >= 11 is 0. The van der Waals surface area contributed by atoms with Crippen LogP contribution in [0.15, 0.2) is 6.20 Å². The molecule has 118 valence electrons. The van der Waals surface area contributed by atoms with Gasteiger partial charge in [0.1, 0.15) is 0 Å². The molecular formula is C11H20N6O3S. The summed E-state index contributed by atoms with van der Waals surface area (Å²) in [6, 6.07) is 0.238. The highest BCUT2D eigenvalue weighted by Gasteiger charge is 2.25. The molecule has 21 heavy (non-hydrogen) atoms. The van der Waals surface area contributed by atoms with Gasteiger partial charge in [0.2, 0.25) is 10.0 Å². The van der Waals surface area contributed by atoms with E-state index in [0.29, 0.717) is 0 Å². The van der Waals surface area contributed by atoms with E-state index in [2.05, 4.69) is 25.7 Å². The lowest BCUT2D eigenvalue weighted by atomic mass is 10.1. The van der Waals surface area contributed by atoms with Gasteiger partial charge >= 0.3 is 0 Å². The van der Waals surface area contributed by atoms with E-state index < -0.39 is 15.6 Å². The van der Waals surface area contributed by atoms with Crippen LogP contribution in [0.4, 0.5) is 0 Å². The van der Waals surface area contributed by atoms with Gasteiger partial charge in [0.15, 0.2) is 5.69 Å². The molecule has 1 aromatic heterocycles. The summed E-state index contributed by atoms with van der Waals surface area (Å²) in [7, 11) is -3.34. The smallest absolute Gasteiger partial charge is 0.273 e. The molecule has 0 atom stereocenters. The Kier molecular flexibility index (Phi) is 4.30. The fraction of sp³-hybridized carbons (Fsp3) is 0.727. The maximum absolute atomic E-state index is 12.0. The molecule has 1 aliphatic heterocycles. The van der Waals surface area contributed by atoms with Crippen molar-refractivity contribution >= 4 is 15.9 Å². The molecule has 0 spiro atoms. The number of carbonyl (C=O) groups is 1. The summed E-state index contributed by atoms with van der Waals surface area (Å²) in [6.45, 7) is 5.15. The third kappa shape index (κ3) is 4.48. The second-order valence-corrected chi connectivity index (χ2v) is 7.59. The highest BCUT2D eigenvalue weighted by atomic mass is 32.2. The van der Waals surface area contributed by atoms with Crippen LogP contribution in [0.1, 0.15) is 30.4 Å². The van der Waals surface area contributed by atoms with Crippen LogP contribution in [-0.2, 0) is 10.0 Å². The Morgan fingerprint density at radius 2 is 2.19 bits per heavy atom. The van der Waals surface area contributed by atoms with Gasteiger partial charge in [0.05, 0.1) is 18.5 Å². The molecule has 0 aliphatic carbocycles. The molecule has 2 rings (SSSR count). The first-order valence-electron chi connectivity index (χ1n) is 6.56. The minimum Gasteiger partial charge on any atom is -0.349 e. The van der Waals surface area contributed by atoms with Crippen molar-refractivity contribution in [1.82, 2.24) is 30.3 Å². The van der Waals surface area contributed by atoms with E-state index in [9.17, 15) is 13.2 Å². The van der Waals surface area contributed by atoms with Crippen molar-refractivity contribution in [2.75, 3.05) is 25.9 Å². The molecule has 1 amide bonds. The van der Waals surface area contributed by atoms with Gasteiger partial charge < -0.3 is 10.6 Å². The molecule has 1 saturated heterocycles. The van der Waals surface area contributed by atoms with Crippen LogP contribution in [0.3, 0.4) is 0 Å². The summed E-state index contributed by atoms with van der Waals surface area (Å²) in [4.78, 5) is 12.0. The number of nitrogens with one attached hydrogen (secondary N) is 3. The molecule has 2 heterocycles. The van der Waals surface area contributed by atoms with Crippen molar-refractivity contribution in [2.45, 2.75) is 25.4 Å². The molecule has 1 aliphatic rings. The fourth-order valence-corrected chi connectivity index (χ4v) is 3.03. The fourth-order valence-electron chi connectivity index (χ4n) is 1.95. The van der Waals surface area contributed by atoms with Crippen LogP contribution in [0.25, 0.3) is 0 Å². The van der Waals surface area contributed by atoms with Gasteiger partial charge in [-0.1, -0.05) is 5.21 Å². The lowest BCUT2D eigenvalue weighted by Gasteiger charge is -2.26. The maximum Gasteiger partial charge on any atom is 0.273 e. The zero-order valence-corrected chi connectivity index (χ0v) is 13.1. The summed E-state index contributed by atoms with van der Waals surface area (Å²) in [5.41, 5.74) is -0.561. The van der Waals surface area contributed by atoms with Gasteiger partial charge in [-0.25, -0.2) is 17.8 Å². The summed E-state index contributed by atoms with van der Waals surface area (Å²) < 4.78 is 26.6. The number of nitrogens with zero attached hydrogens (tertiary/aromatic N) is 3. The molecule has 1 aromatic rings. The molecule has 10 heteroatoms. The first kappa shape index (κ1) is 15.9. The maximum atomic E-state index is 12.0. The monoisotopic (exact) mass is 316 g/mol. The summed E-state index contributed by atoms with van der Waals surface area (Å²) in [5.74, 6) is -0.378. The van der Waals surface area contributed by atoms with E-state index in [4.69, 9.17) is 0 Å². The van der Waals surface area contributed by atoms with Crippen molar-refractivity contribution in [3.05, 3.63) is 11.9 Å². The Labute approximate surface area is 123 Å². The number of hydrogen-bond donors (Lipinski definition) is 3. The topological polar surface area (TPSA) is 118 Å². The van der Waals surface area contributed by atoms with E-state index in [0.717, 1.165) is 19.3 Å². The first-order chi connectivity index (χ1) is 9.66. The lowest BCUT2D eigenvalue weighted by Crippen LogP contribution is -2.51. The van der Waals surface area contributed by atoms with Crippen LogP contribution < -0.4 is 15.4 Å². The largest absolute Gasteiger partial charge is 0.349 e. The van der Waals surface area contributed by atoms with E-state index in [-0.39, 0.29) is 24.2 Å². The highest BCUT2D eigenvalue weighted by Crippen LogP contribution is 2.10. The molecular weight excluding hydrogens is 296 g/mol. The van der Waals surface area contributed by atoms with Gasteiger partial charge in [0.25, 0.3) is 5.91 Å². The quantitative estimate of drug-likeness (QED) is 0.586. The normalized spacial score (nSPS) is 16.5. The van der Waals surface area contributed by atoms with Crippen LogP contribution in [0.2, 0.25) is 0 Å². The Morgan fingerprint density at radius 3 is 2.71 bits per heavy atom. The highest BCUT2D eigenvalue weighted by molar-refractivity contribution is 7.88. The predicted molar refractivity (Wildman–Crippen MR) is 76.3 cm³/mol. The summed E-state index contributed by atoms with van der Waals surface area (Å²) in [6.07, 6.45) is 2.67. The predicted octanol–water partition coefficient (Wildman–Crippen LogP) is -1.52. The van der Waals surface area contributed by atoms with Gasteiger partial charge in [-0.05, 0) is 13.8 Å². The standard InChI is InChI=1S/C11H20N6O3S/c1-11(2,15-21(3,19)20)7-13-10(18)9-6-17(16-14-9)8-4-12-5-8/h6,8,12,15H,4-5,7H2,1-3H3,(H,13,18). The molecule has 0 bridgehead atoms. The Hall–Kier alpha value is -1.52. The number of rotatable bonds is 6.